The molecule has 0 aliphatic heterocycles. The SMILES string of the molecule is C=CC(NCCC[Si](OC)(OC)OCCCN)c1ccccc1.Cl. The van der Waals surface area contributed by atoms with E-state index < -0.39 is 8.80 Å². The van der Waals surface area contributed by atoms with Crippen molar-refractivity contribution in [3.63, 3.8) is 0 Å². The van der Waals surface area contributed by atoms with E-state index in [1.807, 2.05) is 24.3 Å². The third-order valence-corrected chi connectivity index (χ3v) is 6.56. The van der Waals surface area contributed by atoms with Crippen molar-refractivity contribution in [2.24, 2.45) is 5.73 Å². The summed E-state index contributed by atoms with van der Waals surface area (Å²) in [4.78, 5) is 0. The average molecular weight is 375 g/mol. The molecule has 24 heavy (non-hydrogen) atoms. The summed E-state index contributed by atoms with van der Waals surface area (Å²) in [7, 11) is 0.746. The van der Waals surface area contributed by atoms with E-state index in [4.69, 9.17) is 19.0 Å². The van der Waals surface area contributed by atoms with Gasteiger partial charge in [0.2, 0.25) is 0 Å². The van der Waals surface area contributed by atoms with Crippen LogP contribution in [0.2, 0.25) is 6.04 Å². The van der Waals surface area contributed by atoms with Crippen molar-refractivity contribution in [2.75, 3.05) is 33.9 Å². The maximum absolute atomic E-state index is 5.85. The maximum atomic E-state index is 5.85. The lowest BCUT2D eigenvalue weighted by atomic mass is 10.1. The van der Waals surface area contributed by atoms with Gasteiger partial charge < -0.3 is 24.3 Å². The highest BCUT2D eigenvalue weighted by molar-refractivity contribution is 6.60. The van der Waals surface area contributed by atoms with Crippen molar-refractivity contribution >= 4 is 21.2 Å². The van der Waals surface area contributed by atoms with Gasteiger partial charge in [-0.25, -0.2) is 0 Å². The summed E-state index contributed by atoms with van der Waals surface area (Å²) in [5.41, 5.74) is 6.71. The molecule has 5 nitrogen and oxygen atoms in total. The van der Waals surface area contributed by atoms with Gasteiger partial charge in [-0.2, -0.15) is 0 Å². The number of benzene rings is 1. The Morgan fingerprint density at radius 2 is 1.88 bits per heavy atom. The minimum atomic E-state index is -2.56. The molecule has 1 unspecified atom stereocenters. The fourth-order valence-electron chi connectivity index (χ4n) is 2.35. The van der Waals surface area contributed by atoms with Crippen LogP contribution in [-0.4, -0.2) is 42.7 Å². The highest BCUT2D eigenvalue weighted by Gasteiger charge is 2.38. The summed E-state index contributed by atoms with van der Waals surface area (Å²) in [5.74, 6) is 0. The van der Waals surface area contributed by atoms with Crippen molar-refractivity contribution < 1.29 is 13.3 Å². The number of hydrogen-bond donors (Lipinski definition) is 2. The van der Waals surface area contributed by atoms with Crippen molar-refractivity contribution in [1.82, 2.24) is 5.32 Å². The van der Waals surface area contributed by atoms with E-state index in [9.17, 15) is 0 Å². The predicted octanol–water partition coefficient (Wildman–Crippen LogP) is 2.91. The lowest BCUT2D eigenvalue weighted by Gasteiger charge is -2.26. The molecule has 0 saturated heterocycles. The van der Waals surface area contributed by atoms with E-state index in [0.29, 0.717) is 13.2 Å². The maximum Gasteiger partial charge on any atom is 0.500 e. The first kappa shape index (κ1) is 23.3. The van der Waals surface area contributed by atoms with Gasteiger partial charge in [0.15, 0.2) is 0 Å². The molecular formula is C17H31ClN2O3Si. The Hall–Kier alpha value is -0.733. The van der Waals surface area contributed by atoms with Crippen LogP contribution in [-0.2, 0) is 13.3 Å². The van der Waals surface area contributed by atoms with E-state index in [1.165, 1.54) is 5.56 Å². The molecule has 1 aromatic carbocycles. The number of nitrogens with two attached hydrogens (primary N) is 1. The lowest BCUT2D eigenvalue weighted by Crippen LogP contribution is -2.44. The van der Waals surface area contributed by atoms with Gasteiger partial charge in [0, 0.05) is 26.9 Å². The highest BCUT2D eigenvalue weighted by atomic mass is 35.5. The third kappa shape index (κ3) is 7.89. The Labute approximate surface area is 153 Å². The Kier molecular flexibility index (Phi) is 13.1. The second-order valence-corrected chi connectivity index (χ2v) is 8.23. The molecule has 0 spiro atoms. The van der Waals surface area contributed by atoms with Crippen molar-refractivity contribution in [1.29, 1.82) is 0 Å². The zero-order valence-corrected chi connectivity index (χ0v) is 16.5. The molecule has 0 fully saturated rings. The van der Waals surface area contributed by atoms with Gasteiger partial charge in [-0.1, -0.05) is 36.4 Å². The molecule has 0 aromatic heterocycles. The van der Waals surface area contributed by atoms with Crippen molar-refractivity contribution in [3.05, 3.63) is 48.6 Å². The summed E-state index contributed by atoms with van der Waals surface area (Å²) < 4.78 is 17.0. The lowest BCUT2D eigenvalue weighted by molar-refractivity contribution is 0.0971. The second-order valence-electron chi connectivity index (χ2n) is 5.26. The van der Waals surface area contributed by atoms with Gasteiger partial charge in [-0.3, -0.25) is 0 Å². The van der Waals surface area contributed by atoms with Crippen LogP contribution in [0, 0.1) is 0 Å². The van der Waals surface area contributed by atoms with Gasteiger partial charge in [-0.15, -0.1) is 19.0 Å². The summed E-state index contributed by atoms with van der Waals surface area (Å²) in [5, 5.41) is 3.49. The zero-order chi connectivity index (χ0) is 17.0. The molecule has 0 saturated carbocycles. The standard InChI is InChI=1S/C17H30N2O3Si.ClH/c1-4-17(16-10-6-5-7-11-16)19-13-9-15-23(20-2,21-3)22-14-8-12-18;/h4-7,10-11,17,19H,1,8-9,12-15,18H2,2-3H3;1H. The van der Waals surface area contributed by atoms with E-state index >= 15 is 0 Å². The molecule has 0 heterocycles. The number of nitrogens with one attached hydrogen (secondary N) is 1. The fourth-order valence-corrected chi connectivity index (χ4v) is 4.37. The van der Waals surface area contributed by atoms with Crippen LogP contribution in [0.15, 0.2) is 43.0 Å². The van der Waals surface area contributed by atoms with E-state index in [1.54, 1.807) is 14.2 Å². The summed E-state index contributed by atoms with van der Waals surface area (Å²) in [6.07, 6.45) is 3.64. The number of rotatable bonds is 13. The van der Waals surface area contributed by atoms with Crippen LogP contribution in [0.5, 0.6) is 0 Å². The molecule has 0 aliphatic carbocycles. The Morgan fingerprint density at radius 3 is 2.42 bits per heavy atom. The Bertz CT molecular complexity index is 433. The summed E-state index contributed by atoms with van der Waals surface area (Å²) in [6, 6.07) is 11.2. The molecule has 1 rings (SSSR count). The topological polar surface area (TPSA) is 65.7 Å². The molecule has 138 valence electrons. The first-order valence-corrected chi connectivity index (χ1v) is 9.99. The normalized spacial score (nSPS) is 12.5. The van der Waals surface area contributed by atoms with Gasteiger partial charge in [-0.05, 0) is 31.5 Å². The Balaban J connectivity index is 0.00000529. The fraction of sp³-hybridized carbons (Fsp3) is 0.529. The Morgan fingerprint density at radius 1 is 1.21 bits per heavy atom. The van der Waals surface area contributed by atoms with Crippen LogP contribution >= 0.6 is 12.4 Å². The van der Waals surface area contributed by atoms with Crippen LogP contribution in [0.25, 0.3) is 0 Å². The molecule has 0 aliphatic rings. The van der Waals surface area contributed by atoms with E-state index in [2.05, 4.69) is 24.0 Å². The summed E-state index contributed by atoms with van der Waals surface area (Å²) in [6.45, 7) is 5.94. The van der Waals surface area contributed by atoms with E-state index in [0.717, 1.165) is 25.4 Å². The van der Waals surface area contributed by atoms with Gasteiger partial charge in [0.1, 0.15) is 0 Å². The first-order chi connectivity index (χ1) is 11.2. The number of hydrogen-bond acceptors (Lipinski definition) is 5. The van der Waals surface area contributed by atoms with Gasteiger partial charge in [0.25, 0.3) is 0 Å². The van der Waals surface area contributed by atoms with Crippen molar-refractivity contribution in [3.8, 4) is 0 Å². The molecule has 7 heteroatoms. The first-order valence-electron chi connectivity index (χ1n) is 8.06. The van der Waals surface area contributed by atoms with Crippen LogP contribution < -0.4 is 11.1 Å². The second kappa shape index (κ2) is 13.5. The van der Waals surface area contributed by atoms with Gasteiger partial charge >= 0.3 is 8.80 Å². The minimum absolute atomic E-state index is 0. The molecule has 1 aromatic rings. The average Bonchev–Trinajstić information content (AvgIpc) is 2.61. The molecule has 0 bridgehead atoms. The molecule has 3 N–H and O–H groups in total. The molecule has 0 radical (unpaired) electrons. The van der Waals surface area contributed by atoms with Gasteiger partial charge in [0.05, 0.1) is 6.04 Å². The third-order valence-electron chi connectivity index (χ3n) is 3.71. The monoisotopic (exact) mass is 374 g/mol. The summed E-state index contributed by atoms with van der Waals surface area (Å²) >= 11 is 0. The zero-order valence-electron chi connectivity index (χ0n) is 14.7. The van der Waals surface area contributed by atoms with E-state index in [-0.39, 0.29) is 18.4 Å². The predicted molar refractivity (Wildman–Crippen MR) is 103 cm³/mol. The molecular weight excluding hydrogens is 344 g/mol. The quantitative estimate of drug-likeness (QED) is 0.315. The molecule has 1 atom stereocenters. The largest absolute Gasteiger partial charge is 0.500 e. The number of halogens is 1. The minimum Gasteiger partial charge on any atom is -0.377 e. The smallest absolute Gasteiger partial charge is 0.377 e. The van der Waals surface area contributed by atoms with Crippen LogP contribution in [0.1, 0.15) is 24.4 Å². The van der Waals surface area contributed by atoms with Crippen LogP contribution in [0.3, 0.4) is 0 Å². The molecule has 0 amide bonds. The highest BCUT2D eigenvalue weighted by Crippen LogP contribution is 2.17. The van der Waals surface area contributed by atoms with Crippen molar-refractivity contribution in [2.45, 2.75) is 24.9 Å². The van der Waals surface area contributed by atoms with Crippen LogP contribution in [0.4, 0.5) is 0 Å².